The Labute approximate surface area is 189 Å². The van der Waals surface area contributed by atoms with Crippen molar-refractivity contribution in [1.29, 1.82) is 0 Å². The highest BCUT2D eigenvalue weighted by molar-refractivity contribution is 7.16. The van der Waals surface area contributed by atoms with Gasteiger partial charge in [-0.25, -0.2) is 4.79 Å². The van der Waals surface area contributed by atoms with E-state index in [0.29, 0.717) is 21.1 Å². The Morgan fingerprint density at radius 3 is 2.77 bits per heavy atom. The van der Waals surface area contributed by atoms with Gasteiger partial charge in [0.15, 0.2) is 5.69 Å². The highest BCUT2D eigenvalue weighted by Crippen LogP contribution is 2.31. The molecule has 0 bridgehead atoms. The first-order chi connectivity index (χ1) is 15.0. The number of rotatable bonds is 6. The van der Waals surface area contributed by atoms with Gasteiger partial charge in [0.1, 0.15) is 5.00 Å². The van der Waals surface area contributed by atoms with E-state index in [1.165, 1.54) is 11.3 Å². The van der Waals surface area contributed by atoms with Crippen LogP contribution in [-0.2, 0) is 16.0 Å². The van der Waals surface area contributed by atoms with Crippen molar-refractivity contribution in [3.63, 3.8) is 0 Å². The Morgan fingerprint density at radius 1 is 1.23 bits per heavy atom. The van der Waals surface area contributed by atoms with Crippen molar-refractivity contribution in [2.45, 2.75) is 13.3 Å². The Hall–Kier alpha value is -3.01. The molecule has 3 heterocycles. The lowest BCUT2D eigenvalue weighted by atomic mass is 10.2. The quantitative estimate of drug-likeness (QED) is 0.416. The third-order valence-electron chi connectivity index (χ3n) is 4.34. The molecule has 0 fully saturated rings. The molecule has 4 aromatic rings. The zero-order valence-electron chi connectivity index (χ0n) is 16.3. The second-order valence-corrected chi connectivity index (χ2v) is 8.77. The standard InChI is InChI=1S/C21H16ClN3O4S2/c1-2-29-21(28)18-15-11-31-19(23-16(26)10-14-7-4-8-30-14)17(15)20(27)25(24-18)13-6-3-5-12(22)9-13/h3-9,11H,2,10H2,1H3,(H,23,26). The normalized spacial score (nSPS) is 10.9. The summed E-state index contributed by atoms with van der Waals surface area (Å²) in [4.78, 5) is 39.3. The van der Waals surface area contributed by atoms with Gasteiger partial charge in [0.05, 0.1) is 24.1 Å². The summed E-state index contributed by atoms with van der Waals surface area (Å²) in [6.45, 7) is 1.85. The van der Waals surface area contributed by atoms with Crippen LogP contribution in [0.4, 0.5) is 5.00 Å². The first kappa shape index (κ1) is 21.2. The lowest BCUT2D eigenvalue weighted by molar-refractivity contribution is -0.115. The van der Waals surface area contributed by atoms with E-state index in [0.717, 1.165) is 20.9 Å². The number of carbonyl (C=O) groups excluding carboxylic acids is 2. The summed E-state index contributed by atoms with van der Waals surface area (Å²) in [5.74, 6) is -0.910. The molecule has 3 aromatic heterocycles. The van der Waals surface area contributed by atoms with Crippen molar-refractivity contribution in [3.8, 4) is 5.69 Å². The number of nitrogens with zero attached hydrogens (tertiary/aromatic N) is 2. The molecule has 158 valence electrons. The van der Waals surface area contributed by atoms with Crippen molar-refractivity contribution in [3.05, 3.63) is 73.1 Å². The summed E-state index contributed by atoms with van der Waals surface area (Å²) in [5.41, 5.74) is -0.0866. The predicted octanol–water partition coefficient (Wildman–Crippen LogP) is 4.52. The lowest BCUT2D eigenvalue weighted by Gasteiger charge is -2.10. The summed E-state index contributed by atoms with van der Waals surface area (Å²) in [7, 11) is 0. The van der Waals surface area contributed by atoms with Crippen LogP contribution in [-0.4, -0.2) is 28.3 Å². The molecular weight excluding hydrogens is 458 g/mol. The maximum Gasteiger partial charge on any atom is 0.359 e. The van der Waals surface area contributed by atoms with Gasteiger partial charge in [0.25, 0.3) is 5.56 Å². The average Bonchev–Trinajstić information content (AvgIpc) is 3.39. The molecule has 0 saturated heterocycles. The minimum absolute atomic E-state index is 0.00793. The Kier molecular flexibility index (Phi) is 6.17. The van der Waals surface area contributed by atoms with Gasteiger partial charge in [-0.3, -0.25) is 9.59 Å². The molecule has 1 amide bonds. The van der Waals surface area contributed by atoms with Crippen molar-refractivity contribution < 1.29 is 14.3 Å². The largest absolute Gasteiger partial charge is 0.461 e. The monoisotopic (exact) mass is 473 g/mol. The number of hydrogen-bond donors (Lipinski definition) is 1. The number of amides is 1. The number of halogens is 1. The summed E-state index contributed by atoms with van der Waals surface area (Å²) in [6.07, 6.45) is 0.190. The molecule has 1 aromatic carbocycles. The number of fused-ring (bicyclic) bond motifs is 1. The van der Waals surface area contributed by atoms with Gasteiger partial charge in [-0.05, 0) is 36.6 Å². The van der Waals surface area contributed by atoms with Crippen molar-refractivity contribution in [2.75, 3.05) is 11.9 Å². The van der Waals surface area contributed by atoms with Gasteiger partial charge < -0.3 is 10.1 Å². The zero-order valence-corrected chi connectivity index (χ0v) is 18.6. The second kappa shape index (κ2) is 9.01. The summed E-state index contributed by atoms with van der Waals surface area (Å²) < 4.78 is 6.23. The van der Waals surface area contributed by atoms with Crippen LogP contribution in [0.5, 0.6) is 0 Å². The fourth-order valence-corrected chi connectivity index (χ4v) is 4.86. The average molecular weight is 474 g/mol. The van der Waals surface area contributed by atoms with Crippen molar-refractivity contribution in [2.24, 2.45) is 0 Å². The van der Waals surface area contributed by atoms with Gasteiger partial charge in [0.2, 0.25) is 5.91 Å². The summed E-state index contributed by atoms with van der Waals surface area (Å²) in [5, 5.41) is 11.9. The molecule has 0 spiro atoms. The van der Waals surface area contributed by atoms with Gasteiger partial charge in [0, 0.05) is 20.7 Å². The van der Waals surface area contributed by atoms with Crippen LogP contribution in [0.1, 0.15) is 22.3 Å². The van der Waals surface area contributed by atoms with Crippen LogP contribution in [0.25, 0.3) is 16.5 Å². The molecule has 0 unspecified atom stereocenters. The Balaban J connectivity index is 1.84. The number of aromatic nitrogens is 2. The molecule has 10 heteroatoms. The van der Waals surface area contributed by atoms with Crippen LogP contribution in [0.2, 0.25) is 5.02 Å². The Bertz CT molecular complexity index is 1330. The van der Waals surface area contributed by atoms with Crippen LogP contribution in [0.15, 0.2) is 52.0 Å². The van der Waals surface area contributed by atoms with Crippen molar-refractivity contribution >= 4 is 61.9 Å². The van der Waals surface area contributed by atoms with Crippen LogP contribution >= 0.6 is 34.3 Å². The lowest BCUT2D eigenvalue weighted by Crippen LogP contribution is -2.25. The van der Waals surface area contributed by atoms with Gasteiger partial charge in [-0.1, -0.05) is 23.7 Å². The molecule has 0 saturated carbocycles. The third-order valence-corrected chi connectivity index (χ3v) is 6.35. The van der Waals surface area contributed by atoms with Crippen LogP contribution in [0.3, 0.4) is 0 Å². The number of ether oxygens (including phenoxy) is 1. The maximum absolute atomic E-state index is 13.3. The number of esters is 1. The summed E-state index contributed by atoms with van der Waals surface area (Å²) >= 11 is 8.71. The van der Waals surface area contributed by atoms with Gasteiger partial charge >= 0.3 is 5.97 Å². The first-order valence-corrected chi connectivity index (χ1v) is 11.4. The molecule has 0 aliphatic rings. The summed E-state index contributed by atoms with van der Waals surface area (Å²) in [6, 6.07) is 10.3. The number of benzene rings is 1. The fourth-order valence-electron chi connectivity index (χ4n) is 3.02. The minimum atomic E-state index is -0.655. The van der Waals surface area contributed by atoms with Crippen molar-refractivity contribution in [1.82, 2.24) is 9.78 Å². The van der Waals surface area contributed by atoms with E-state index >= 15 is 0 Å². The fraction of sp³-hybridized carbons (Fsp3) is 0.143. The molecule has 1 N–H and O–H groups in total. The SMILES string of the molecule is CCOC(=O)c1nn(-c2cccc(Cl)c2)c(=O)c2c(NC(=O)Cc3cccs3)scc12. The van der Waals surface area contributed by atoms with E-state index in [2.05, 4.69) is 10.4 Å². The molecule has 0 aliphatic carbocycles. The van der Waals surface area contributed by atoms with E-state index < -0.39 is 11.5 Å². The number of nitrogens with one attached hydrogen (secondary N) is 1. The van der Waals surface area contributed by atoms with Crippen LogP contribution < -0.4 is 10.9 Å². The molecule has 0 aliphatic heterocycles. The van der Waals surface area contributed by atoms with E-state index in [1.54, 1.807) is 36.6 Å². The molecule has 7 nitrogen and oxygen atoms in total. The van der Waals surface area contributed by atoms with Gasteiger partial charge in [-0.15, -0.1) is 22.7 Å². The molecule has 31 heavy (non-hydrogen) atoms. The minimum Gasteiger partial charge on any atom is -0.461 e. The Morgan fingerprint density at radius 2 is 2.06 bits per heavy atom. The topological polar surface area (TPSA) is 90.3 Å². The van der Waals surface area contributed by atoms with E-state index in [-0.39, 0.29) is 30.0 Å². The van der Waals surface area contributed by atoms with E-state index in [1.807, 2.05) is 17.5 Å². The molecule has 0 radical (unpaired) electrons. The third kappa shape index (κ3) is 4.39. The highest BCUT2D eigenvalue weighted by atomic mass is 35.5. The zero-order chi connectivity index (χ0) is 22.0. The van der Waals surface area contributed by atoms with E-state index in [9.17, 15) is 14.4 Å². The molecular formula is C21H16ClN3O4S2. The van der Waals surface area contributed by atoms with Crippen LogP contribution in [0, 0.1) is 0 Å². The van der Waals surface area contributed by atoms with Gasteiger partial charge in [-0.2, -0.15) is 9.78 Å². The molecule has 4 rings (SSSR count). The number of hydrogen-bond acceptors (Lipinski definition) is 7. The van der Waals surface area contributed by atoms with E-state index in [4.69, 9.17) is 16.3 Å². The molecule has 0 atom stereocenters. The smallest absolute Gasteiger partial charge is 0.359 e. The number of thiophene rings is 2. The second-order valence-electron chi connectivity index (χ2n) is 6.42. The number of carbonyl (C=O) groups is 2. The highest BCUT2D eigenvalue weighted by Gasteiger charge is 2.23. The maximum atomic E-state index is 13.3. The first-order valence-electron chi connectivity index (χ1n) is 9.27. The number of anilines is 1. The predicted molar refractivity (Wildman–Crippen MR) is 123 cm³/mol.